The van der Waals surface area contributed by atoms with E-state index in [-0.39, 0.29) is 12.6 Å². The SMILES string of the molecule is CN(CCCO)CCN(C)CCCOC(=O)c1c2ccccc2cc2ccccc12. The van der Waals surface area contributed by atoms with E-state index in [4.69, 9.17) is 9.84 Å². The number of hydrogen-bond donors (Lipinski definition) is 1. The fourth-order valence-electron chi connectivity index (χ4n) is 3.71. The van der Waals surface area contributed by atoms with Gasteiger partial charge in [0.2, 0.25) is 0 Å². The monoisotopic (exact) mass is 408 g/mol. The molecule has 0 saturated heterocycles. The lowest BCUT2D eigenvalue weighted by Crippen LogP contribution is -2.32. The first-order chi connectivity index (χ1) is 14.6. The van der Waals surface area contributed by atoms with E-state index in [9.17, 15) is 4.79 Å². The summed E-state index contributed by atoms with van der Waals surface area (Å²) in [4.78, 5) is 17.4. The van der Waals surface area contributed by atoms with Gasteiger partial charge in [-0.3, -0.25) is 0 Å². The van der Waals surface area contributed by atoms with Gasteiger partial charge in [0.05, 0.1) is 12.2 Å². The average molecular weight is 409 g/mol. The zero-order valence-corrected chi connectivity index (χ0v) is 18.0. The molecular weight excluding hydrogens is 376 g/mol. The van der Waals surface area contributed by atoms with E-state index in [2.05, 4.69) is 30.0 Å². The third kappa shape index (κ3) is 5.79. The minimum absolute atomic E-state index is 0.234. The molecule has 5 heteroatoms. The second kappa shape index (κ2) is 11.1. The van der Waals surface area contributed by atoms with Gasteiger partial charge in [-0.1, -0.05) is 48.5 Å². The van der Waals surface area contributed by atoms with Gasteiger partial charge in [0, 0.05) is 32.8 Å². The Morgan fingerprint density at radius 1 is 0.833 bits per heavy atom. The first-order valence-electron chi connectivity index (χ1n) is 10.7. The summed E-state index contributed by atoms with van der Waals surface area (Å²) in [6, 6.07) is 18.1. The van der Waals surface area contributed by atoms with Gasteiger partial charge in [0.1, 0.15) is 0 Å². The quantitative estimate of drug-likeness (QED) is 0.297. The number of benzene rings is 3. The van der Waals surface area contributed by atoms with Gasteiger partial charge in [0.15, 0.2) is 0 Å². The van der Waals surface area contributed by atoms with Gasteiger partial charge in [-0.2, -0.15) is 0 Å². The van der Waals surface area contributed by atoms with Crippen LogP contribution in [-0.4, -0.2) is 74.4 Å². The van der Waals surface area contributed by atoms with E-state index in [1.54, 1.807) is 0 Å². The molecule has 0 aliphatic rings. The predicted octanol–water partition coefficient (Wildman–Crippen LogP) is 3.79. The first kappa shape index (κ1) is 22.2. The Balaban J connectivity index is 1.56. The maximum Gasteiger partial charge on any atom is 0.339 e. The van der Waals surface area contributed by atoms with Crippen molar-refractivity contribution in [2.45, 2.75) is 12.8 Å². The molecule has 1 N–H and O–H groups in total. The first-order valence-corrected chi connectivity index (χ1v) is 10.7. The number of rotatable bonds is 11. The fourth-order valence-corrected chi connectivity index (χ4v) is 3.71. The highest BCUT2D eigenvalue weighted by atomic mass is 16.5. The highest BCUT2D eigenvalue weighted by Gasteiger charge is 2.16. The van der Waals surface area contributed by atoms with Gasteiger partial charge >= 0.3 is 5.97 Å². The molecular formula is C25H32N2O3. The van der Waals surface area contributed by atoms with Crippen LogP contribution in [0.2, 0.25) is 0 Å². The number of hydrogen-bond acceptors (Lipinski definition) is 5. The smallest absolute Gasteiger partial charge is 0.339 e. The van der Waals surface area contributed by atoms with Crippen LogP contribution in [0.1, 0.15) is 23.2 Å². The van der Waals surface area contributed by atoms with Gasteiger partial charge < -0.3 is 19.6 Å². The van der Waals surface area contributed by atoms with Gasteiger partial charge in [-0.25, -0.2) is 4.79 Å². The van der Waals surface area contributed by atoms with Crippen molar-refractivity contribution in [3.63, 3.8) is 0 Å². The molecule has 0 spiro atoms. The molecule has 0 bridgehead atoms. The summed E-state index contributed by atoms with van der Waals surface area (Å²) in [5.41, 5.74) is 0.655. The molecule has 3 aromatic rings. The lowest BCUT2D eigenvalue weighted by molar-refractivity contribution is 0.0495. The summed E-state index contributed by atoms with van der Waals surface area (Å²) >= 11 is 0. The molecule has 0 aliphatic carbocycles. The largest absolute Gasteiger partial charge is 0.462 e. The Labute approximate surface area is 178 Å². The van der Waals surface area contributed by atoms with E-state index in [1.807, 2.05) is 48.5 Å². The van der Waals surface area contributed by atoms with Crippen LogP contribution in [0.4, 0.5) is 0 Å². The van der Waals surface area contributed by atoms with Crippen molar-refractivity contribution in [1.29, 1.82) is 0 Å². The maximum absolute atomic E-state index is 13.0. The summed E-state index contributed by atoms with van der Waals surface area (Å²) in [5, 5.41) is 12.9. The summed E-state index contributed by atoms with van der Waals surface area (Å²) in [5.74, 6) is -0.255. The van der Waals surface area contributed by atoms with Crippen molar-refractivity contribution < 1.29 is 14.6 Å². The molecule has 0 unspecified atom stereocenters. The predicted molar refractivity (Wildman–Crippen MR) is 123 cm³/mol. The third-order valence-electron chi connectivity index (χ3n) is 5.45. The Bertz CT molecular complexity index is 919. The summed E-state index contributed by atoms with van der Waals surface area (Å²) in [6.07, 6.45) is 1.60. The Hall–Kier alpha value is -2.47. The lowest BCUT2D eigenvalue weighted by atomic mass is 9.97. The molecule has 0 fully saturated rings. The number of carbonyl (C=O) groups excluding carboxylic acids is 1. The van der Waals surface area contributed by atoms with Crippen LogP contribution in [0, 0.1) is 0 Å². The molecule has 0 atom stereocenters. The topological polar surface area (TPSA) is 53.0 Å². The van der Waals surface area contributed by atoms with Crippen molar-refractivity contribution in [2.24, 2.45) is 0 Å². The standard InChI is InChI=1S/C25H32N2O3/c1-26(13-7-17-28)15-16-27(2)14-8-18-30-25(29)24-22-11-5-3-9-20(22)19-21-10-4-6-12-23(21)24/h3-6,9-12,19,28H,7-8,13-18H2,1-2H3. The average Bonchev–Trinajstić information content (AvgIpc) is 2.77. The summed E-state index contributed by atoms with van der Waals surface area (Å²) in [6.45, 7) is 4.32. The molecule has 5 nitrogen and oxygen atoms in total. The van der Waals surface area contributed by atoms with Gasteiger partial charge in [0.25, 0.3) is 0 Å². The number of fused-ring (bicyclic) bond motifs is 2. The van der Waals surface area contributed by atoms with Gasteiger partial charge in [-0.05, 0) is 54.5 Å². The summed E-state index contributed by atoms with van der Waals surface area (Å²) < 4.78 is 5.67. The van der Waals surface area contributed by atoms with Crippen LogP contribution in [0.3, 0.4) is 0 Å². The highest BCUT2D eigenvalue weighted by Crippen LogP contribution is 2.29. The Kier molecular flexibility index (Phi) is 8.20. The molecule has 0 amide bonds. The zero-order chi connectivity index (χ0) is 21.3. The van der Waals surface area contributed by atoms with E-state index in [1.165, 1.54) is 0 Å². The molecule has 0 aromatic heterocycles. The molecule has 0 heterocycles. The van der Waals surface area contributed by atoms with Crippen molar-refractivity contribution in [2.75, 3.05) is 53.5 Å². The van der Waals surface area contributed by atoms with Crippen LogP contribution >= 0.6 is 0 Å². The van der Waals surface area contributed by atoms with Crippen LogP contribution in [-0.2, 0) is 4.74 Å². The fraction of sp³-hybridized carbons (Fsp3) is 0.400. The van der Waals surface area contributed by atoms with E-state index in [0.29, 0.717) is 12.2 Å². The number of nitrogens with zero attached hydrogens (tertiary/aromatic N) is 2. The van der Waals surface area contributed by atoms with Crippen LogP contribution in [0.5, 0.6) is 0 Å². The molecule has 3 aromatic carbocycles. The third-order valence-corrected chi connectivity index (χ3v) is 5.45. The molecule has 160 valence electrons. The zero-order valence-electron chi connectivity index (χ0n) is 18.0. The normalized spacial score (nSPS) is 11.6. The summed E-state index contributed by atoms with van der Waals surface area (Å²) in [7, 11) is 4.15. The number of ether oxygens (including phenoxy) is 1. The second-order valence-electron chi connectivity index (χ2n) is 7.87. The number of aliphatic hydroxyl groups is 1. The van der Waals surface area contributed by atoms with Crippen LogP contribution < -0.4 is 0 Å². The lowest BCUT2D eigenvalue weighted by Gasteiger charge is -2.21. The highest BCUT2D eigenvalue weighted by molar-refractivity contribution is 6.16. The van der Waals surface area contributed by atoms with E-state index < -0.39 is 0 Å². The van der Waals surface area contributed by atoms with Crippen LogP contribution in [0.25, 0.3) is 21.5 Å². The van der Waals surface area contributed by atoms with E-state index >= 15 is 0 Å². The Morgan fingerprint density at radius 3 is 1.93 bits per heavy atom. The minimum atomic E-state index is -0.255. The number of carbonyl (C=O) groups is 1. The molecule has 0 radical (unpaired) electrons. The number of esters is 1. The van der Waals surface area contributed by atoms with Crippen LogP contribution in [0.15, 0.2) is 54.6 Å². The molecule has 0 saturated carbocycles. The molecule has 0 aliphatic heterocycles. The maximum atomic E-state index is 13.0. The number of likely N-dealkylation sites (N-methyl/N-ethyl adjacent to an activating group) is 2. The minimum Gasteiger partial charge on any atom is -0.462 e. The van der Waals surface area contributed by atoms with Crippen molar-refractivity contribution in [3.8, 4) is 0 Å². The van der Waals surface area contributed by atoms with E-state index in [0.717, 1.165) is 60.6 Å². The van der Waals surface area contributed by atoms with Crippen molar-refractivity contribution in [1.82, 2.24) is 9.80 Å². The molecule has 30 heavy (non-hydrogen) atoms. The second-order valence-corrected chi connectivity index (χ2v) is 7.87. The Morgan fingerprint density at radius 2 is 1.37 bits per heavy atom. The number of aliphatic hydroxyl groups excluding tert-OH is 1. The van der Waals surface area contributed by atoms with Crippen molar-refractivity contribution >= 4 is 27.5 Å². The van der Waals surface area contributed by atoms with Crippen molar-refractivity contribution in [3.05, 3.63) is 60.2 Å². The molecule has 3 rings (SSSR count). The van der Waals surface area contributed by atoms with Gasteiger partial charge in [-0.15, -0.1) is 0 Å².